The van der Waals surface area contributed by atoms with Crippen molar-refractivity contribution in [3.8, 4) is 0 Å². The number of ether oxygens (including phenoxy) is 1. The predicted molar refractivity (Wildman–Crippen MR) is 94.4 cm³/mol. The van der Waals surface area contributed by atoms with Crippen LogP contribution in [-0.2, 0) is 11.7 Å². The number of methoxy groups -OCH3 is 1. The molecule has 3 rings (SSSR count). The van der Waals surface area contributed by atoms with Crippen LogP contribution in [0, 0.1) is 5.82 Å². The summed E-state index contributed by atoms with van der Waals surface area (Å²) >= 11 is 9.43. The first-order valence-electron chi connectivity index (χ1n) is 8.14. The van der Waals surface area contributed by atoms with E-state index in [2.05, 4.69) is 26.2 Å². The molecule has 0 amide bonds. The van der Waals surface area contributed by atoms with Gasteiger partial charge < -0.3 is 14.6 Å². The SMILES string of the molecule is [2H]C([2H])([2H])n1cnc2c(F)c(Nc3ccc(Br)cc3Cl)c(C(=O)OC)cc21. The molecule has 24 heavy (non-hydrogen) atoms. The number of carbonyl (C=O) groups is 1. The van der Waals surface area contributed by atoms with Crippen LogP contribution in [0.1, 0.15) is 14.5 Å². The fraction of sp³-hybridized carbons (Fsp3) is 0.125. The zero-order chi connectivity index (χ0) is 19.9. The van der Waals surface area contributed by atoms with Gasteiger partial charge in [0, 0.05) is 15.6 Å². The summed E-state index contributed by atoms with van der Waals surface area (Å²) in [6, 6.07) is 6.10. The number of anilines is 2. The summed E-state index contributed by atoms with van der Waals surface area (Å²) in [6.45, 7) is -2.58. The minimum absolute atomic E-state index is 0.0552. The van der Waals surface area contributed by atoms with Crippen molar-refractivity contribution >= 4 is 55.9 Å². The molecule has 0 aliphatic heterocycles. The number of rotatable bonds is 3. The Kier molecular flexibility index (Phi) is 3.53. The molecule has 5 nitrogen and oxygen atoms in total. The lowest BCUT2D eigenvalue weighted by Gasteiger charge is -2.14. The third kappa shape index (κ3) is 2.85. The Balaban J connectivity index is 2.24. The molecule has 0 fully saturated rings. The lowest BCUT2D eigenvalue weighted by atomic mass is 10.1. The molecule has 0 saturated heterocycles. The van der Waals surface area contributed by atoms with Crippen LogP contribution in [0.15, 0.2) is 35.1 Å². The summed E-state index contributed by atoms with van der Waals surface area (Å²) in [7, 11) is 1.14. The molecule has 8 heteroatoms. The van der Waals surface area contributed by atoms with E-state index in [0.29, 0.717) is 5.69 Å². The monoisotopic (exact) mass is 414 g/mol. The number of nitrogens with zero attached hydrogens (tertiary/aromatic N) is 2. The summed E-state index contributed by atoms with van der Waals surface area (Å²) in [6.07, 6.45) is 0.998. The molecule has 0 radical (unpaired) electrons. The molecule has 1 aromatic heterocycles. The van der Waals surface area contributed by atoms with Gasteiger partial charge in [-0.2, -0.15) is 0 Å². The normalized spacial score (nSPS) is 13.2. The number of carbonyl (C=O) groups excluding carboxylic acids is 1. The van der Waals surface area contributed by atoms with Gasteiger partial charge in [0.2, 0.25) is 0 Å². The maximum absolute atomic E-state index is 15.1. The highest BCUT2D eigenvalue weighted by atomic mass is 79.9. The van der Waals surface area contributed by atoms with Crippen LogP contribution >= 0.6 is 27.5 Å². The molecule has 0 spiro atoms. The first-order chi connectivity index (χ1) is 12.6. The Labute approximate surface area is 154 Å². The third-order valence-corrected chi connectivity index (χ3v) is 4.18. The zero-order valence-corrected chi connectivity index (χ0v) is 14.6. The number of fused-ring (bicyclic) bond motifs is 1. The van der Waals surface area contributed by atoms with E-state index < -0.39 is 18.8 Å². The number of aromatic nitrogens is 2. The average molecular weight is 416 g/mol. The van der Waals surface area contributed by atoms with Gasteiger partial charge in [0.15, 0.2) is 5.82 Å². The average Bonchev–Trinajstić information content (AvgIpc) is 3.03. The van der Waals surface area contributed by atoms with E-state index >= 15 is 4.39 Å². The van der Waals surface area contributed by atoms with E-state index in [-0.39, 0.29) is 27.3 Å². The first-order valence-corrected chi connectivity index (χ1v) is 7.81. The molecule has 1 heterocycles. The number of aryl methyl sites for hydroxylation is 1. The molecule has 2 aromatic carbocycles. The highest BCUT2D eigenvalue weighted by molar-refractivity contribution is 9.10. The molecule has 1 N–H and O–H groups in total. The van der Waals surface area contributed by atoms with E-state index in [1.165, 1.54) is 6.07 Å². The van der Waals surface area contributed by atoms with Crippen molar-refractivity contribution in [1.29, 1.82) is 0 Å². The van der Waals surface area contributed by atoms with E-state index in [1.54, 1.807) is 18.2 Å². The van der Waals surface area contributed by atoms with Crippen molar-refractivity contribution in [2.75, 3.05) is 12.4 Å². The Morgan fingerprint density at radius 3 is 2.96 bits per heavy atom. The van der Waals surface area contributed by atoms with Crippen molar-refractivity contribution in [2.24, 2.45) is 6.98 Å². The van der Waals surface area contributed by atoms with Gasteiger partial charge in [-0.25, -0.2) is 14.2 Å². The summed E-state index contributed by atoms with van der Waals surface area (Å²) in [4.78, 5) is 16.0. The second-order valence-electron chi connectivity index (χ2n) is 4.84. The molecular formula is C16H12BrClFN3O2. The maximum Gasteiger partial charge on any atom is 0.340 e. The van der Waals surface area contributed by atoms with Crippen molar-refractivity contribution in [2.45, 2.75) is 0 Å². The van der Waals surface area contributed by atoms with Crippen LogP contribution < -0.4 is 5.32 Å². The number of nitrogens with one attached hydrogen (secondary N) is 1. The van der Waals surface area contributed by atoms with Gasteiger partial charge >= 0.3 is 5.97 Å². The molecule has 0 saturated carbocycles. The number of benzene rings is 2. The van der Waals surface area contributed by atoms with Gasteiger partial charge in [-0.15, -0.1) is 0 Å². The van der Waals surface area contributed by atoms with Crippen LogP contribution in [0.2, 0.25) is 5.02 Å². The molecular weight excluding hydrogens is 401 g/mol. The lowest BCUT2D eigenvalue weighted by molar-refractivity contribution is 0.0601. The van der Waals surface area contributed by atoms with Gasteiger partial charge in [-0.1, -0.05) is 27.5 Å². The fourth-order valence-corrected chi connectivity index (χ4v) is 2.95. The standard InChI is InChI=1S/C16H12BrClFN3O2/c1-22-7-20-15-12(22)6-9(16(23)24-2)14(13(15)19)21-11-4-3-8(17)5-10(11)18/h3-7,21H,1-2H3/i1D3. The second kappa shape index (κ2) is 6.41. The lowest BCUT2D eigenvalue weighted by Crippen LogP contribution is -2.08. The molecule has 0 aliphatic rings. The van der Waals surface area contributed by atoms with Crippen molar-refractivity contribution in [3.05, 3.63) is 51.5 Å². The molecule has 3 aromatic rings. The van der Waals surface area contributed by atoms with Crippen LogP contribution in [0.3, 0.4) is 0 Å². The number of esters is 1. The van der Waals surface area contributed by atoms with Crippen LogP contribution in [0.4, 0.5) is 15.8 Å². The highest BCUT2D eigenvalue weighted by Gasteiger charge is 2.22. The van der Waals surface area contributed by atoms with Gasteiger partial charge in [-0.3, -0.25) is 0 Å². The largest absolute Gasteiger partial charge is 0.465 e. The molecule has 0 aliphatic carbocycles. The minimum Gasteiger partial charge on any atom is -0.465 e. The Morgan fingerprint density at radius 2 is 2.29 bits per heavy atom. The quantitative estimate of drug-likeness (QED) is 0.632. The maximum atomic E-state index is 15.1. The summed E-state index contributed by atoms with van der Waals surface area (Å²) < 4.78 is 44.0. The number of halogens is 3. The molecule has 0 unspecified atom stereocenters. The van der Waals surface area contributed by atoms with Gasteiger partial charge in [0.25, 0.3) is 0 Å². The zero-order valence-electron chi connectivity index (χ0n) is 15.2. The first kappa shape index (κ1) is 13.2. The van der Waals surface area contributed by atoms with Crippen LogP contribution in [-0.4, -0.2) is 22.6 Å². The van der Waals surface area contributed by atoms with E-state index in [4.69, 9.17) is 20.5 Å². The topological polar surface area (TPSA) is 56.2 Å². The smallest absolute Gasteiger partial charge is 0.340 e. The Bertz CT molecular complexity index is 1060. The second-order valence-corrected chi connectivity index (χ2v) is 6.16. The molecule has 0 bridgehead atoms. The van der Waals surface area contributed by atoms with Gasteiger partial charge in [0.1, 0.15) is 5.52 Å². The van der Waals surface area contributed by atoms with E-state index in [0.717, 1.165) is 22.5 Å². The minimum atomic E-state index is -2.58. The van der Waals surface area contributed by atoms with Crippen molar-refractivity contribution in [1.82, 2.24) is 9.55 Å². The fourth-order valence-electron chi connectivity index (χ4n) is 2.23. The summed E-state index contributed by atoms with van der Waals surface area (Å²) in [5, 5.41) is 3.06. The van der Waals surface area contributed by atoms with E-state index in [1.807, 2.05) is 0 Å². The van der Waals surface area contributed by atoms with Crippen molar-refractivity contribution in [3.63, 3.8) is 0 Å². The molecule has 0 atom stereocenters. The predicted octanol–water partition coefficient (Wildman–Crippen LogP) is 4.66. The van der Waals surface area contributed by atoms with Crippen LogP contribution in [0.5, 0.6) is 0 Å². The number of imidazole rings is 1. The highest BCUT2D eigenvalue weighted by Crippen LogP contribution is 2.34. The summed E-state index contributed by atoms with van der Waals surface area (Å²) in [5.74, 6) is -1.74. The summed E-state index contributed by atoms with van der Waals surface area (Å²) in [5.41, 5.74) is -0.310. The number of hydrogen-bond donors (Lipinski definition) is 1. The third-order valence-electron chi connectivity index (χ3n) is 3.38. The van der Waals surface area contributed by atoms with Gasteiger partial charge in [-0.05, 0) is 24.3 Å². The number of hydrogen-bond acceptors (Lipinski definition) is 4. The van der Waals surface area contributed by atoms with Crippen LogP contribution in [0.25, 0.3) is 11.0 Å². The van der Waals surface area contributed by atoms with Crippen molar-refractivity contribution < 1.29 is 18.0 Å². The Hall–Kier alpha value is -2.12. The molecule has 124 valence electrons. The van der Waals surface area contributed by atoms with E-state index in [9.17, 15) is 4.79 Å². The Morgan fingerprint density at radius 1 is 1.50 bits per heavy atom. The van der Waals surface area contributed by atoms with Gasteiger partial charge in [0.05, 0.1) is 40.9 Å².